The van der Waals surface area contributed by atoms with Crippen molar-refractivity contribution >= 4 is 32.6 Å². The van der Waals surface area contributed by atoms with Gasteiger partial charge in [0.15, 0.2) is 10.8 Å². The first-order chi connectivity index (χ1) is 14.0. The van der Waals surface area contributed by atoms with Gasteiger partial charge in [-0.3, -0.25) is 19.4 Å². The fraction of sp³-hybridized carbons (Fsp3) is 0.273. The summed E-state index contributed by atoms with van der Waals surface area (Å²) in [6.45, 7) is 9.16. The van der Waals surface area contributed by atoms with E-state index in [2.05, 4.69) is 36.1 Å². The molecule has 1 aromatic carbocycles. The second kappa shape index (κ2) is 7.75. The van der Waals surface area contributed by atoms with Crippen molar-refractivity contribution in [3.8, 4) is 0 Å². The summed E-state index contributed by atoms with van der Waals surface area (Å²) < 4.78 is 2.91. The van der Waals surface area contributed by atoms with Crippen LogP contribution in [0.2, 0.25) is 0 Å². The van der Waals surface area contributed by atoms with Crippen molar-refractivity contribution in [2.24, 2.45) is 0 Å². The number of nitrogens with zero attached hydrogens (tertiary/aromatic N) is 5. The van der Waals surface area contributed by atoms with Gasteiger partial charge in [0.2, 0.25) is 0 Å². The minimum atomic E-state index is -0.167. The van der Waals surface area contributed by atoms with E-state index >= 15 is 0 Å². The number of anilines is 1. The highest BCUT2D eigenvalue weighted by Crippen LogP contribution is 2.33. The molecule has 148 valence electrons. The second-order valence-corrected chi connectivity index (χ2v) is 8.13. The molecule has 4 rings (SSSR count). The van der Waals surface area contributed by atoms with E-state index in [0.717, 1.165) is 33.7 Å². The molecular weight excluding hydrogens is 382 g/mol. The van der Waals surface area contributed by atoms with E-state index in [0.29, 0.717) is 17.4 Å². The molecule has 0 fully saturated rings. The van der Waals surface area contributed by atoms with E-state index in [1.807, 2.05) is 42.8 Å². The number of benzene rings is 1. The Morgan fingerprint density at radius 3 is 2.69 bits per heavy atom. The molecule has 0 radical (unpaired) electrons. The maximum Gasteiger partial charge on any atom is 0.280 e. The van der Waals surface area contributed by atoms with Crippen LogP contribution >= 0.6 is 11.3 Å². The van der Waals surface area contributed by atoms with Crippen molar-refractivity contribution in [1.82, 2.24) is 19.7 Å². The Labute approximate surface area is 173 Å². The maximum absolute atomic E-state index is 13.4. The van der Waals surface area contributed by atoms with Crippen molar-refractivity contribution in [1.29, 1.82) is 0 Å². The summed E-state index contributed by atoms with van der Waals surface area (Å²) in [5.41, 5.74) is 5.42. The molecule has 29 heavy (non-hydrogen) atoms. The largest absolute Gasteiger partial charge is 0.280 e. The molecule has 0 atom stereocenters. The SMILES string of the molecule is CCn1nc(C(=O)N(Cc2ccccn2)c2nc3c(C)cc(C)cc3s2)cc1C. The number of amides is 1. The van der Waals surface area contributed by atoms with Crippen molar-refractivity contribution in [3.63, 3.8) is 0 Å². The molecule has 3 aromatic heterocycles. The molecule has 0 saturated heterocycles. The van der Waals surface area contributed by atoms with Crippen LogP contribution in [-0.4, -0.2) is 25.7 Å². The number of carbonyl (C=O) groups is 1. The minimum absolute atomic E-state index is 0.167. The van der Waals surface area contributed by atoms with Crippen molar-refractivity contribution in [2.75, 3.05) is 4.90 Å². The Kier molecular flexibility index (Phi) is 5.15. The van der Waals surface area contributed by atoms with Crippen LogP contribution in [0.5, 0.6) is 0 Å². The molecule has 0 spiro atoms. The number of rotatable bonds is 5. The van der Waals surface area contributed by atoms with Gasteiger partial charge in [0, 0.05) is 18.4 Å². The zero-order chi connectivity index (χ0) is 20.5. The first-order valence-electron chi connectivity index (χ1n) is 9.60. The molecule has 6 nitrogen and oxygen atoms in total. The molecule has 0 aliphatic rings. The van der Waals surface area contributed by atoms with Crippen LogP contribution in [0.15, 0.2) is 42.6 Å². The monoisotopic (exact) mass is 405 g/mol. The number of thiazole rings is 1. The first kappa shape index (κ1) is 19.3. The van der Waals surface area contributed by atoms with Crippen LogP contribution in [0.3, 0.4) is 0 Å². The third-order valence-electron chi connectivity index (χ3n) is 4.84. The summed E-state index contributed by atoms with van der Waals surface area (Å²) in [6.07, 6.45) is 1.74. The number of pyridine rings is 1. The van der Waals surface area contributed by atoms with Crippen LogP contribution in [0, 0.1) is 20.8 Å². The number of aryl methyl sites for hydroxylation is 4. The minimum Gasteiger partial charge on any atom is -0.276 e. The maximum atomic E-state index is 13.4. The van der Waals surface area contributed by atoms with Crippen molar-refractivity contribution in [3.05, 3.63) is 70.8 Å². The zero-order valence-corrected chi connectivity index (χ0v) is 17.8. The third-order valence-corrected chi connectivity index (χ3v) is 5.87. The highest BCUT2D eigenvalue weighted by atomic mass is 32.1. The van der Waals surface area contributed by atoms with Gasteiger partial charge < -0.3 is 0 Å². The Morgan fingerprint density at radius 1 is 1.17 bits per heavy atom. The Balaban J connectivity index is 1.79. The summed E-state index contributed by atoms with van der Waals surface area (Å²) in [7, 11) is 0. The van der Waals surface area contributed by atoms with E-state index in [4.69, 9.17) is 4.98 Å². The van der Waals surface area contributed by atoms with Crippen molar-refractivity contribution < 1.29 is 4.79 Å². The number of aromatic nitrogens is 4. The molecule has 0 unspecified atom stereocenters. The lowest BCUT2D eigenvalue weighted by atomic mass is 10.1. The fourth-order valence-electron chi connectivity index (χ4n) is 3.43. The molecule has 0 N–H and O–H groups in total. The predicted molar refractivity (Wildman–Crippen MR) is 116 cm³/mol. The van der Waals surface area contributed by atoms with Gasteiger partial charge in [-0.1, -0.05) is 23.5 Å². The van der Waals surface area contributed by atoms with Gasteiger partial charge in [-0.15, -0.1) is 0 Å². The molecule has 1 amide bonds. The lowest BCUT2D eigenvalue weighted by Crippen LogP contribution is -2.31. The van der Waals surface area contributed by atoms with E-state index in [-0.39, 0.29) is 5.91 Å². The van der Waals surface area contributed by atoms with E-state index in [1.54, 1.807) is 11.1 Å². The van der Waals surface area contributed by atoms with Gasteiger partial charge in [-0.05, 0) is 63.1 Å². The quantitative estimate of drug-likeness (QED) is 0.484. The second-order valence-electron chi connectivity index (χ2n) is 7.12. The first-order valence-corrected chi connectivity index (χ1v) is 10.4. The number of hydrogen-bond acceptors (Lipinski definition) is 5. The van der Waals surface area contributed by atoms with Crippen LogP contribution in [0.25, 0.3) is 10.2 Å². The number of hydrogen-bond donors (Lipinski definition) is 0. The van der Waals surface area contributed by atoms with E-state index in [1.165, 1.54) is 16.9 Å². The molecule has 0 aliphatic carbocycles. The Bertz CT molecular complexity index is 1180. The highest BCUT2D eigenvalue weighted by Gasteiger charge is 2.25. The number of fused-ring (bicyclic) bond motifs is 1. The van der Waals surface area contributed by atoms with Crippen LogP contribution in [0.4, 0.5) is 5.13 Å². The molecule has 7 heteroatoms. The summed E-state index contributed by atoms with van der Waals surface area (Å²) in [6, 6.07) is 11.8. The zero-order valence-electron chi connectivity index (χ0n) is 17.0. The van der Waals surface area contributed by atoms with Gasteiger partial charge in [-0.2, -0.15) is 5.10 Å². The smallest absolute Gasteiger partial charge is 0.276 e. The van der Waals surface area contributed by atoms with Gasteiger partial charge in [0.05, 0.1) is 22.5 Å². The molecule has 0 saturated carbocycles. The van der Waals surface area contributed by atoms with Crippen molar-refractivity contribution in [2.45, 2.75) is 40.8 Å². The van der Waals surface area contributed by atoms with Gasteiger partial charge in [0.1, 0.15) is 0 Å². The predicted octanol–water partition coefficient (Wildman–Crippen LogP) is 4.68. The molecule has 4 aromatic rings. The third kappa shape index (κ3) is 3.78. The number of carbonyl (C=O) groups excluding carboxylic acids is 1. The lowest BCUT2D eigenvalue weighted by molar-refractivity contribution is 0.0979. The standard InChI is InChI=1S/C22H23N5OS/c1-5-27-16(4)12-18(25-27)21(28)26(13-17-8-6-7-9-23-17)22-24-20-15(3)10-14(2)11-19(20)29-22/h6-12H,5,13H2,1-4H3. The highest BCUT2D eigenvalue weighted by molar-refractivity contribution is 7.22. The topological polar surface area (TPSA) is 63.9 Å². The normalized spacial score (nSPS) is 11.2. The summed E-state index contributed by atoms with van der Waals surface area (Å²) in [4.78, 5) is 24.3. The molecule has 3 heterocycles. The van der Waals surface area contributed by atoms with E-state index in [9.17, 15) is 4.79 Å². The van der Waals surface area contributed by atoms with Gasteiger partial charge in [0.25, 0.3) is 5.91 Å². The fourth-order valence-corrected chi connectivity index (χ4v) is 4.57. The average Bonchev–Trinajstić information content (AvgIpc) is 3.29. The summed E-state index contributed by atoms with van der Waals surface area (Å²) in [5, 5.41) is 5.14. The molecule has 0 aliphatic heterocycles. The average molecular weight is 406 g/mol. The van der Waals surface area contributed by atoms with Crippen LogP contribution in [-0.2, 0) is 13.1 Å². The Hall–Kier alpha value is -3.06. The van der Waals surface area contributed by atoms with Gasteiger partial charge >= 0.3 is 0 Å². The lowest BCUT2D eigenvalue weighted by Gasteiger charge is -2.18. The van der Waals surface area contributed by atoms with Crippen LogP contribution < -0.4 is 4.90 Å². The summed E-state index contributed by atoms with van der Waals surface area (Å²) >= 11 is 1.52. The van der Waals surface area contributed by atoms with Crippen LogP contribution in [0.1, 0.15) is 39.9 Å². The molecular formula is C22H23N5OS. The Morgan fingerprint density at radius 2 is 2.00 bits per heavy atom. The van der Waals surface area contributed by atoms with Gasteiger partial charge in [-0.25, -0.2) is 4.98 Å². The summed E-state index contributed by atoms with van der Waals surface area (Å²) in [5.74, 6) is -0.167. The molecule has 0 bridgehead atoms. The van der Waals surface area contributed by atoms with E-state index < -0.39 is 0 Å².